The van der Waals surface area contributed by atoms with Crippen molar-refractivity contribution in [3.8, 4) is 0 Å². The highest BCUT2D eigenvalue weighted by Gasteiger charge is 2.24. The summed E-state index contributed by atoms with van der Waals surface area (Å²) < 4.78 is 0. The number of hydrogen-bond donors (Lipinski definition) is 2. The van der Waals surface area contributed by atoms with Crippen LogP contribution in [0, 0.1) is 0 Å². The molecule has 49 heavy (non-hydrogen) atoms. The molecule has 0 saturated heterocycles. The molecule has 0 aliphatic rings. The van der Waals surface area contributed by atoms with Crippen LogP contribution in [0.2, 0.25) is 0 Å². The van der Waals surface area contributed by atoms with Crippen molar-refractivity contribution >= 4 is 0 Å². The summed E-state index contributed by atoms with van der Waals surface area (Å²) in [5.74, 6) is -1.68. The van der Waals surface area contributed by atoms with Gasteiger partial charge in [-0.1, -0.05) is 258 Å². The predicted octanol–water partition coefficient (Wildman–Crippen LogP) is 15.6. The lowest BCUT2D eigenvalue weighted by Crippen LogP contribution is -2.47. The first-order chi connectivity index (χ1) is 24.0. The average molecular weight is 694 g/mol. The van der Waals surface area contributed by atoms with Crippen molar-refractivity contribution in [2.45, 2.75) is 284 Å². The van der Waals surface area contributed by atoms with Crippen LogP contribution in [0.15, 0.2) is 0 Å². The third kappa shape index (κ3) is 40.5. The first-order valence-electron chi connectivity index (χ1n) is 23.2. The second kappa shape index (κ2) is 40.6. The maximum Gasteiger partial charge on any atom is 0.221 e. The fourth-order valence-electron chi connectivity index (χ4n) is 7.65. The van der Waals surface area contributed by atoms with Gasteiger partial charge in [-0.3, -0.25) is 4.90 Å². The standard InChI is InChI=1S/C46H95NO2/c1-4-6-8-10-12-14-16-18-20-22-24-26-28-30-32-34-36-38-40-42-44-47(46(3,48)49)45-43-41-39-37-35-33-31-29-27-25-23-21-19-17-15-13-11-9-7-5-2/h48-49H,4-45H2,1-3H3. The van der Waals surface area contributed by atoms with Crippen LogP contribution in [0.1, 0.15) is 278 Å². The first-order valence-corrected chi connectivity index (χ1v) is 23.2. The number of hydrogen-bond acceptors (Lipinski definition) is 3. The lowest BCUT2D eigenvalue weighted by atomic mass is 10.0. The van der Waals surface area contributed by atoms with Crippen molar-refractivity contribution in [2.75, 3.05) is 13.1 Å². The lowest BCUT2D eigenvalue weighted by Gasteiger charge is -2.32. The molecule has 0 rings (SSSR count). The summed E-state index contributed by atoms with van der Waals surface area (Å²) in [5, 5.41) is 20.6. The fraction of sp³-hybridized carbons (Fsp3) is 1.00. The Kier molecular flexibility index (Phi) is 40.5. The zero-order valence-electron chi connectivity index (χ0n) is 34.5. The van der Waals surface area contributed by atoms with Crippen molar-refractivity contribution in [3.63, 3.8) is 0 Å². The van der Waals surface area contributed by atoms with E-state index in [-0.39, 0.29) is 0 Å². The molecule has 3 nitrogen and oxygen atoms in total. The van der Waals surface area contributed by atoms with Gasteiger partial charge in [-0.05, 0) is 12.8 Å². The van der Waals surface area contributed by atoms with Gasteiger partial charge in [0.15, 0.2) is 0 Å². The Morgan fingerprint density at radius 3 is 0.551 bits per heavy atom. The molecular formula is C46H95NO2. The van der Waals surface area contributed by atoms with Crippen LogP contribution in [-0.2, 0) is 0 Å². The number of nitrogens with zero attached hydrogens (tertiary/aromatic N) is 1. The molecule has 0 aromatic heterocycles. The smallest absolute Gasteiger partial charge is 0.221 e. The Labute approximate surface area is 311 Å². The Morgan fingerprint density at radius 1 is 0.265 bits per heavy atom. The zero-order chi connectivity index (χ0) is 35.8. The maximum atomic E-state index is 10.3. The zero-order valence-corrected chi connectivity index (χ0v) is 34.5. The maximum absolute atomic E-state index is 10.3. The van der Waals surface area contributed by atoms with Gasteiger partial charge in [-0.15, -0.1) is 0 Å². The highest BCUT2D eigenvalue weighted by atomic mass is 16.5. The fourth-order valence-corrected chi connectivity index (χ4v) is 7.65. The van der Waals surface area contributed by atoms with Gasteiger partial charge in [-0.2, -0.15) is 0 Å². The van der Waals surface area contributed by atoms with E-state index in [1.165, 1.54) is 244 Å². The molecule has 0 bridgehead atoms. The van der Waals surface area contributed by atoms with E-state index < -0.39 is 5.91 Å². The molecular weight excluding hydrogens is 599 g/mol. The van der Waals surface area contributed by atoms with Gasteiger partial charge in [0.1, 0.15) is 0 Å². The molecule has 0 aliphatic carbocycles. The summed E-state index contributed by atoms with van der Waals surface area (Å²) >= 11 is 0. The van der Waals surface area contributed by atoms with Gasteiger partial charge in [-0.25, -0.2) is 0 Å². The van der Waals surface area contributed by atoms with Crippen LogP contribution in [0.3, 0.4) is 0 Å². The van der Waals surface area contributed by atoms with E-state index in [0.717, 1.165) is 25.9 Å². The van der Waals surface area contributed by atoms with E-state index in [1.54, 1.807) is 6.92 Å². The molecule has 0 saturated carbocycles. The Bertz CT molecular complexity index is 544. The van der Waals surface area contributed by atoms with Crippen LogP contribution in [0.4, 0.5) is 0 Å². The largest absolute Gasteiger partial charge is 0.353 e. The molecule has 2 N–H and O–H groups in total. The molecule has 0 spiro atoms. The van der Waals surface area contributed by atoms with E-state index >= 15 is 0 Å². The summed E-state index contributed by atoms with van der Waals surface area (Å²) in [6, 6.07) is 0. The SMILES string of the molecule is CCCCCCCCCCCCCCCCCCCCCCN(CCCCCCCCCCCCCCCCCCCCCC)C(C)(O)O. The molecule has 0 aliphatic heterocycles. The van der Waals surface area contributed by atoms with Crippen LogP contribution in [0.25, 0.3) is 0 Å². The van der Waals surface area contributed by atoms with Crippen molar-refractivity contribution in [1.29, 1.82) is 0 Å². The normalized spacial score (nSPS) is 12.1. The first kappa shape index (κ1) is 48.9. The van der Waals surface area contributed by atoms with Crippen molar-refractivity contribution < 1.29 is 10.2 Å². The number of rotatable bonds is 43. The molecule has 0 aromatic rings. The third-order valence-electron chi connectivity index (χ3n) is 11.2. The summed E-state index contributed by atoms with van der Waals surface area (Å²) in [5.41, 5.74) is 0. The molecule has 3 heteroatoms. The lowest BCUT2D eigenvalue weighted by molar-refractivity contribution is -0.250. The van der Waals surface area contributed by atoms with Crippen molar-refractivity contribution in [2.24, 2.45) is 0 Å². The minimum absolute atomic E-state index is 0.807. The van der Waals surface area contributed by atoms with E-state index in [4.69, 9.17) is 0 Å². The molecule has 0 heterocycles. The van der Waals surface area contributed by atoms with Crippen LogP contribution in [-0.4, -0.2) is 34.1 Å². The van der Waals surface area contributed by atoms with Crippen molar-refractivity contribution in [3.05, 3.63) is 0 Å². The van der Waals surface area contributed by atoms with E-state index in [1.807, 2.05) is 4.90 Å². The highest BCUT2D eigenvalue weighted by Crippen LogP contribution is 2.18. The number of aliphatic hydroxyl groups is 2. The summed E-state index contributed by atoms with van der Waals surface area (Å²) in [6.45, 7) is 7.75. The van der Waals surface area contributed by atoms with Crippen LogP contribution >= 0.6 is 0 Å². The predicted molar refractivity (Wildman–Crippen MR) is 220 cm³/mol. The second-order valence-corrected chi connectivity index (χ2v) is 16.4. The Balaban J connectivity index is 3.44. The van der Waals surface area contributed by atoms with Gasteiger partial charge in [0.05, 0.1) is 0 Å². The Hall–Kier alpha value is -0.120. The van der Waals surface area contributed by atoms with Gasteiger partial charge >= 0.3 is 0 Å². The van der Waals surface area contributed by atoms with Crippen LogP contribution in [0.5, 0.6) is 0 Å². The minimum atomic E-state index is -1.68. The molecule has 0 unspecified atom stereocenters. The van der Waals surface area contributed by atoms with E-state index in [0.29, 0.717) is 0 Å². The molecule has 0 radical (unpaired) electrons. The van der Waals surface area contributed by atoms with Crippen molar-refractivity contribution in [1.82, 2.24) is 4.90 Å². The van der Waals surface area contributed by atoms with Crippen LogP contribution < -0.4 is 0 Å². The molecule has 0 aromatic carbocycles. The van der Waals surface area contributed by atoms with Gasteiger partial charge in [0, 0.05) is 20.0 Å². The van der Waals surface area contributed by atoms with E-state index in [2.05, 4.69) is 13.8 Å². The monoisotopic (exact) mass is 694 g/mol. The Morgan fingerprint density at radius 2 is 0.408 bits per heavy atom. The third-order valence-corrected chi connectivity index (χ3v) is 11.2. The minimum Gasteiger partial charge on any atom is -0.353 e. The molecule has 296 valence electrons. The summed E-state index contributed by atoms with van der Waals surface area (Å²) in [7, 11) is 0. The van der Waals surface area contributed by atoms with E-state index in [9.17, 15) is 10.2 Å². The molecule has 0 amide bonds. The average Bonchev–Trinajstić information content (AvgIpc) is 3.08. The molecule has 0 fully saturated rings. The topological polar surface area (TPSA) is 43.7 Å². The molecule has 0 atom stereocenters. The highest BCUT2D eigenvalue weighted by molar-refractivity contribution is 4.65. The summed E-state index contributed by atoms with van der Waals surface area (Å²) in [4.78, 5) is 1.90. The number of unbranched alkanes of at least 4 members (excludes halogenated alkanes) is 38. The second-order valence-electron chi connectivity index (χ2n) is 16.4. The quantitative estimate of drug-likeness (QED) is 0.0493. The van der Waals surface area contributed by atoms with Gasteiger partial charge in [0.2, 0.25) is 5.91 Å². The van der Waals surface area contributed by atoms with Gasteiger partial charge in [0.25, 0.3) is 0 Å². The van der Waals surface area contributed by atoms with Gasteiger partial charge < -0.3 is 10.2 Å². The summed E-state index contributed by atoms with van der Waals surface area (Å²) in [6.07, 6.45) is 55.7.